The maximum absolute atomic E-state index is 5.85. The first-order chi connectivity index (χ1) is 9.70. The molecule has 4 nitrogen and oxygen atoms in total. The number of nitrogens with zero attached hydrogens (tertiary/aromatic N) is 1. The van der Waals surface area contributed by atoms with Crippen LogP contribution in [0.3, 0.4) is 0 Å². The summed E-state index contributed by atoms with van der Waals surface area (Å²) >= 11 is 0. The number of hydrogen-bond acceptors (Lipinski definition) is 4. The van der Waals surface area contributed by atoms with E-state index in [1.807, 2.05) is 56.4 Å². The van der Waals surface area contributed by atoms with Gasteiger partial charge in [-0.15, -0.1) is 0 Å². The maximum Gasteiger partial charge on any atom is 0.124 e. The summed E-state index contributed by atoms with van der Waals surface area (Å²) in [5.74, 6) is 6.60. The van der Waals surface area contributed by atoms with Gasteiger partial charge in [0.25, 0.3) is 0 Å². The minimum atomic E-state index is -0.00542. The van der Waals surface area contributed by atoms with Crippen molar-refractivity contribution >= 4 is 0 Å². The van der Waals surface area contributed by atoms with E-state index < -0.39 is 0 Å². The Morgan fingerprint density at radius 3 is 2.65 bits per heavy atom. The molecule has 0 bridgehead atoms. The predicted octanol–water partition coefficient (Wildman–Crippen LogP) is 2.62. The molecule has 20 heavy (non-hydrogen) atoms. The molecular formula is C16H21N3O. The Labute approximate surface area is 120 Å². The number of rotatable bonds is 6. The molecule has 0 amide bonds. The maximum atomic E-state index is 5.85. The molecule has 0 saturated heterocycles. The average Bonchev–Trinajstić information content (AvgIpc) is 2.46. The van der Waals surface area contributed by atoms with Gasteiger partial charge in [-0.2, -0.15) is 0 Å². The van der Waals surface area contributed by atoms with Crippen molar-refractivity contribution in [2.24, 2.45) is 5.84 Å². The van der Waals surface area contributed by atoms with E-state index in [1.54, 1.807) is 6.20 Å². The highest BCUT2D eigenvalue weighted by Gasteiger charge is 2.16. The molecule has 4 heteroatoms. The predicted molar refractivity (Wildman–Crippen MR) is 80.2 cm³/mol. The van der Waals surface area contributed by atoms with Gasteiger partial charge in [0.2, 0.25) is 0 Å². The number of hydrogen-bond donors (Lipinski definition) is 2. The van der Waals surface area contributed by atoms with Crippen LogP contribution in [0.25, 0.3) is 0 Å². The van der Waals surface area contributed by atoms with Gasteiger partial charge in [-0.3, -0.25) is 16.3 Å². The van der Waals surface area contributed by atoms with Crippen LogP contribution < -0.4 is 16.0 Å². The van der Waals surface area contributed by atoms with Gasteiger partial charge in [0, 0.05) is 18.0 Å². The molecule has 0 radical (unpaired) electrons. The van der Waals surface area contributed by atoms with E-state index in [-0.39, 0.29) is 12.1 Å². The highest BCUT2D eigenvalue weighted by Crippen LogP contribution is 2.27. The smallest absolute Gasteiger partial charge is 0.124 e. The summed E-state index contributed by atoms with van der Waals surface area (Å²) in [6.45, 7) is 4.03. The molecule has 2 rings (SSSR count). The molecule has 1 atom stereocenters. The van der Waals surface area contributed by atoms with Gasteiger partial charge in [0.15, 0.2) is 0 Å². The standard InChI is InChI=1S/C16H21N3O/c1-12(2)20-16-8-4-3-7-14(16)15(19-17)10-13-6-5-9-18-11-13/h3-9,11-12,15,19H,10,17H2,1-2H3. The van der Waals surface area contributed by atoms with Crippen molar-refractivity contribution in [2.45, 2.75) is 32.4 Å². The lowest BCUT2D eigenvalue weighted by Gasteiger charge is -2.21. The second-order valence-electron chi connectivity index (χ2n) is 4.99. The summed E-state index contributed by atoms with van der Waals surface area (Å²) in [5.41, 5.74) is 5.07. The van der Waals surface area contributed by atoms with Gasteiger partial charge in [0.1, 0.15) is 5.75 Å². The van der Waals surface area contributed by atoms with Crippen molar-refractivity contribution in [1.29, 1.82) is 0 Å². The zero-order valence-electron chi connectivity index (χ0n) is 11.9. The number of para-hydroxylation sites is 1. The molecule has 1 unspecified atom stereocenters. The van der Waals surface area contributed by atoms with Crippen LogP contribution >= 0.6 is 0 Å². The second kappa shape index (κ2) is 7.03. The average molecular weight is 271 g/mol. The Morgan fingerprint density at radius 1 is 1.20 bits per heavy atom. The van der Waals surface area contributed by atoms with Gasteiger partial charge < -0.3 is 4.74 Å². The number of pyridine rings is 1. The fourth-order valence-corrected chi connectivity index (χ4v) is 2.14. The topological polar surface area (TPSA) is 60.2 Å². The number of nitrogens with two attached hydrogens (primary N) is 1. The Bertz CT molecular complexity index is 528. The van der Waals surface area contributed by atoms with Crippen LogP contribution in [0.1, 0.15) is 31.0 Å². The van der Waals surface area contributed by atoms with Crippen LogP contribution in [-0.4, -0.2) is 11.1 Å². The van der Waals surface area contributed by atoms with Crippen LogP contribution in [0, 0.1) is 0 Å². The molecule has 2 aromatic rings. The van der Waals surface area contributed by atoms with Crippen LogP contribution in [0.5, 0.6) is 5.75 Å². The van der Waals surface area contributed by atoms with Crippen LogP contribution in [0.2, 0.25) is 0 Å². The van der Waals surface area contributed by atoms with Gasteiger partial charge in [-0.05, 0) is 38.0 Å². The largest absolute Gasteiger partial charge is 0.491 e. The minimum absolute atomic E-state index is 0.00542. The summed E-state index contributed by atoms with van der Waals surface area (Å²) in [5, 5.41) is 0. The van der Waals surface area contributed by atoms with Gasteiger partial charge in [-0.1, -0.05) is 24.3 Å². The molecule has 0 fully saturated rings. The van der Waals surface area contributed by atoms with Crippen LogP contribution in [0.4, 0.5) is 0 Å². The molecule has 1 aromatic carbocycles. The first-order valence-electron chi connectivity index (χ1n) is 6.81. The van der Waals surface area contributed by atoms with Crippen molar-refractivity contribution in [3.8, 4) is 5.75 Å². The molecule has 0 spiro atoms. The summed E-state index contributed by atoms with van der Waals surface area (Å²) in [6.07, 6.45) is 4.52. The zero-order valence-corrected chi connectivity index (χ0v) is 11.9. The van der Waals surface area contributed by atoms with Crippen molar-refractivity contribution in [2.75, 3.05) is 0 Å². The highest BCUT2D eigenvalue weighted by molar-refractivity contribution is 5.37. The Balaban J connectivity index is 2.23. The van der Waals surface area contributed by atoms with Crippen molar-refractivity contribution in [3.63, 3.8) is 0 Å². The normalized spacial score (nSPS) is 12.4. The summed E-state index contributed by atoms with van der Waals surface area (Å²) < 4.78 is 5.85. The van der Waals surface area contributed by atoms with Gasteiger partial charge in [-0.25, -0.2) is 0 Å². The number of benzene rings is 1. The summed E-state index contributed by atoms with van der Waals surface area (Å²) in [7, 11) is 0. The molecule has 3 N–H and O–H groups in total. The van der Waals surface area contributed by atoms with Crippen LogP contribution in [0.15, 0.2) is 48.8 Å². The van der Waals surface area contributed by atoms with E-state index in [4.69, 9.17) is 10.6 Å². The third kappa shape index (κ3) is 3.79. The Morgan fingerprint density at radius 2 is 2.00 bits per heavy atom. The first-order valence-corrected chi connectivity index (χ1v) is 6.81. The van der Waals surface area contributed by atoms with E-state index in [9.17, 15) is 0 Å². The molecule has 1 aromatic heterocycles. The third-order valence-corrected chi connectivity index (χ3v) is 3.02. The van der Waals surface area contributed by atoms with Crippen LogP contribution in [-0.2, 0) is 6.42 Å². The molecular weight excluding hydrogens is 250 g/mol. The number of nitrogens with one attached hydrogen (secondary N) is 1. The molecule has 106 valence electrons. The van der Waals surface area contributed by atoms with E-state index in [2.05, 4.69) is 10.4 Å². The lowest BCUT2D eigenvalue weighted by Crippen LogP contribution is -2.30. The summed E-state index contributed by atoms with van der Waals surface area (Å²) in [6, 6.07) is 12.0. The first kappa shape index (κ1) is 14.5. The minimum Gasteiger partial charge on any atom is -0.491 e. The SMILES string of the molecule is CC(C)Oc1ccccc1C(Cc1cccnc1)NN. The number of aromatic nitrogens is 1. The van der Waals surface area contributed by atoms with E-state index >= 15 is 0 Å². The van der Waals surface area contributed by atoms with E-state index in [0.29, 0.717) is 0 Å². The second-order valence-corrected chi connectivity index (χ2v) is 4.99. The zero-order chi connectivity index (χ0) is 14.4. The van der Waals surface area contributed by atoms with Gasteiger partial charge >= 0.3 is 0 Å². The van der Waals surface area contributed by atoms with E-state index in [0.717, 1.165) is 23.3 Å². The Kier molecular flexibility index (Phi) is 5.09. The molecule has 0 saturated carbocycles. The molecule has 0 aliphatic carbocycles. The quantitative estimate of drug-likeness (QED) is 0.626. The van der Waals surface area contributed by atoms with Gasteiger partial charge in [0.05, 0.1) is 12.1 Å². The van der Waals surface area contributed by atoms with Crippen molar-refractivity contribution in [3.05, 3.63) is 59.9 Å². The molecule has 0 aliphatic rings. The lowest BCUT2D eigenvalue weighted by molar-refractivity contribution is 0.237. The Hall–Kier alpha value is -1.91. The monoisotopic (exact) mass is 271 g/mol. The third-order valence-electron chi connectivity index (χ3n) is 3.02. The molecule has 0 aliphatic heterocycles. The fraction of sp³-hybridized carbons (Fsp3) is 0.312. The molecule has 1 heterocycles. The fourth-order valence-electron chi connectivity index (χ4n) is 2.14. The lowest BCUT2D eigenvalue weighted by atomic mass is 9.99. The van der Waals surface area contributed by atoms with E-state index in [1.165, 1.54) is 0 Å². The number of hydrazine groups is 1. The van der Waals surface area contributed by atoms with Crippen molar-refractivity contribution in [1.82, 2.24) is 10.4 Å². The number of ether oxygens (including phenoxy) is 1. The summed E-state index contributed by atoms with van der Waals surface area (Å²) in [4.78, 5) is 4.14. The van der Waals surface area contributed by atoms with Crippen molar-refractivity contribution < 1.29 is 4.74 Å². The highest BCUT2D eigenvalue weighted by atomic mass is 16.5.